The lowest BCUT2D eigenvalue weighted by atomic mass is 9.95. The average molecular weight is 507 g/mol. The van der Waals surface area contributed by atoms with Crippen molar-refractivity contribution in [3.05, 3.63) is 99.8 Å². The van der Waals surface area contributed by atoms with E-state index in [2.05, 4.69) is 20.9 Å². The van der Waals surface area contributed by atoms with Crippen LogP contribution in [0.3, 0.4) is 0 Å². The molecule has 0 radical (unpaired) electrons. The number of aliphatic hydroxyl groups excluding tert-OH is 1. The number of nitrogens with zero attached hydrogens (tertiary/aromatic N) is 2. The van der Waals surface area contributed by atoms with Crippen molar-refractivity contribution in [2.24, 2.45) is 0 Å². The van der Waals surface area contributed by atoms with E-state index in [1.54, 1.807) is 42.7 Å². The van der Waals surface area contributed by atoms with Gasteiger partial charge in [-0.25, -0.2) is 0 Å². The molecule has 1 aromatic heterocycles. The van der Waals surface area contributed by atoms with Gasteiger partial charge < -0.3 is 14.7 Å². The van der Waals surface area contributed by atoms with Crippen molar-refractivity contribution in [1.82, 2.24) is 9.88 Å². The summed E-state index contributed by atoms with van der Waals surface area (Å²) in [4.78, 5) is 31.9. The maximum absolute atomic E-state index is 13.2. The van der Waals surface area contributed by atoms with Crippen LogP contribution in [0.1, 0.15) is 36.1 Å². The van der Waals surface area contributed by atoms with Gasteiger partial charge in [-0.05, 0) is 47.9 Å². The summed E-state index contributed by atoms with van der Waals surface area (Å²) in [6.45, 7) is 2.73. The Labute approximate surface area is 200 Å². The SMILES string of the molecule is CCCOc1cccc(C(O)=C2C(=O)C(=O)N(Cc3cccnc3)C2c2cccc(Br)c2)c1. The fourth-order valence-electron chi connectivity index (χ4n) is 3.86. The summed E-state index contributed by atoms with van der Waals surface area (Å²) >= 11 is 3.47. The Hall–Kier alpha value is -3.45. The average Bonchev–Trinajstić information content (AvgIpc) is 3.08. The Morgan fingerprint density at radius 2 is 1.94 bits per heavy atom. The van der Waals surface area contributed by atoms with E-state index in [0.717, 1.165) is 16.5 Å². The monoisotopic (exact) mass is 506 g/mol. The molecule has 6 nitrogen and oxygen atoms in total. The number of halogens is 1. The molecule has 3 aromatic rings. The summed E-state index contributed by atoms with van der Waals surface area (Å²) in [5.74, 6) is -1.02. The van der Waals surface area contributed by atoms with Gasteiger partial charge in [0.25, 0.3) is 11.7 Å². The zero-order valence-corrected chi connectivity index (χ0v) is 19.7. The fourth-order valence-corrected chi connectivity index (χ4v) is 4.28. The van der Waals surface area contributed by atoms with E-state index in [4.69, 9.17) is 4.74 Å². The minimum atomic E-state index is -0.747. The Morgan fingerprint density at radius 1 is 1.12 bits per heavy atom. The van der Waals surface area contributed by atoms with E-state index in [9.17, 15) is 14.7 Å². The summed E-state index contributed by atoms with van der Waals surface area (Å²) in [6, 6.07) is 17.2. The van der Waals surface area contributed by atoms with Crippen LogP contribution in [0.15, 0.2) is 83.1 Å². The molecule has 4 rings (SSSR count). The van der Waals surface area contributed by atoms with Crippen LogP contribution in [-0.2, 0) is 16.1 Å². The minimum Gasteiger partial charge on any atom is -0.507 e. The molecule has 33 heavy (non-hydrogen) atoms. The number of ketones is 1. The zero-order valence-electron chi connectivity index (χ0n) is 18.1. The summed E-state index contributed by atoms with van der Waals surface area (Å²) < 4.78 is 6.48. The number of aliphatic hydroxyl groups is 1. The molecule has 1 unspecified atom stereocenters. The Balaban J connectivity index is 1.83. The Kier molecular flexibility index (Phi) is 6.89. The molecule has 1 fully saturated rings. The third-order valence-electron chi connectivity index (χ3n) is 5.36. The quantitative estimate of drug-likeness (QED) is 0.268. The molecule has 1 aliphatic rings. The van der Waals surface area contributed by atoms with Gasteiger partial charge in [-0.2, -0.15) is 0 Å². The normalized spacial score (nSPS) is 17.4. The van der Waals surface area contributed by atoms with Crippen LogP contribution in [0.2, 0.25) is 0 Å². The second kappa shape index (κ2) is 10.0. The first-order valence-electron chi connectivity index (χ1n) is 10.7. The zero-order chi connectivity index (χ0) is 23.4. The minimum absolute atomic E-state index is 0.0506. The van der Waals surface area contributed by atoms with Crippen LogP contribution in [0, 0.1) is 0 Å². The number of aromatic nitrogens is 1. The molecule has 2 aromatic carbocycles. The van der Waals surface area contributed by atoms with Gasteiger partial charge in [-0.1, -0.05) is 53.2 Å². The predicted molar refractivity (Wildman–Crippen MR) is 128 cm³/mol. The maximum atomic E-state index is 13.2. The molecule has 0 aliphatic carbocycles. The lowest BCUT2D eigenvalue weighted by Gasteiger charge is -2.25. The summed E-state index contributed by atoms with van der Waals surface area (Å²) in [6.07, 6.45) is 4.15. The highest BCUT2D eigenvalue weighted by Gasteiger charge is 2.46. The van der Waals surface area contributed by atoms with E-state index >= 15 is 0 Å². The number of benzene rings is 2. The first-order chi connectivity index (χ1) is 16.0. The summed E-state index contributed by atoms with van der Waals surface area (Å²) in [5, 5.41) is 11.2. The van der Waals surface area contributed by atoms with Gasteiger partial charge >= 0.3 is 0 Å². The number of likely N-dealkylation sites (tertiary alicyclic amines) is 1. The smallest absolute Gasteiger partial charge is 0.295 e. The molecule has 0 bridgehead atoms. The number of carbonyl (C=O) groups is 2. The lowest BCUT2D eigenvalue weighted by Crippen LogP contribution is -2.29. The standard InChI is InChI=1S/C26H23BrN2O4/c1-2-12-33-21-10-4-8-19(14-21)24(30)22-23(18-7-3-9-20(27)13-18)29(26(32)25(22)31)16-17-6-5-11-28-15-17/h3-11,13-15,23,30H,2,12,16H2,1H3. The lowest BCUT2D eigenvalue weighted by molar-refractivity contribution is -0.140. The van der Waals surface area contributed by atoms with Gasteiger partial charge in [-0.3, -0.25) is 14.6 Å². The number of amides is 1. The largest absolute Gasteiger partial charge is 0.507 e. The molecule has 0 spiro atoms. The highest BCUT2D eigenvalue weighted by molar-refractivity contribution is 9.10. The van der Waals surface area contributed by atoms with Crippen LogP contribution in [-0.4, -0.2) is 33.3 Å². The molecule has 1 amide bonds. The Bertz CT molecular complexity index is 1210. The molecule has 1 aliphatic heterocycles. The van der Waals surface area contributed by atoms with Gasteiger partial charge in [0.1, 0.15) is 11.5 Å². The molecule has 1 saturated heterocycles. The third kappa shape index (κ3) is 4.83. The van der Waals surface area contributed by atoms with Crippen molar-refractivity contribution < 1.29 is 19.4 Å². The number of carbonyl (C=O) groups excluding carboxylic acids is 2. The molecular weight excluding hydrogens is 484 g/mol. The van der Waals surface area contributed by atoms with E-state index in [1.807, 2.05) is 37.3 Å². The molecule has 1 N–H and O–H groups in total. The van der Waals surface area contributed by atoms with Crippen molar-refractivity contribution in [3.8, 4) is 5.75 Å². The van der Waals surface area contributed by atoms with Crippen molar-refractivity contribution in [3.63, 3.8) is 0 Å². The predicted octanol–water partition coefficient (Wildman–Crippen LogP) is 5.25. The van der Waals surface area contributed by atoms with Gasteiger partial charge in [0.2, 0.25) is 0 Å². The second-order valence-corrected chi connectivity index (χ2v) is 8.64. The number of hydrogen-bond donors (Lipinski definition) is 1. The Morgan fingerprint density at radius 3 is 2.67 bits per heavy atom. The molecular formula is C26H23BrN2O4. The van der Waals surface area contributed by atoms with Crippen LogP contribution >= 0.6 is 15.9 Å². The first-order valence-corrected chi connectivity index (χ1v) is 11.4. The summed E-state index contributed by atoms with van der Waals surface area (Å²) in [5.41, 5.74) is 1.97. The third-order valence-corrected chi connectivity index (χ3v) is 5.85. The van der Waals surface area contributed by atoms with Gasteiger partial charge in [-0.15, -0.1) is 0 Å². The molecule has 0 saturated carbocycles. The van der Waals surface area contributed by atoms with Crippen molar-refractivity contribution >= 4 is 33.4 Å². The number of Topliss-reactive ketones (excluding diaryl/α,β-unsaturated/α-hetero) is 1. The number of ether oxygens (including phenoxy) is 1. The second-order valence-electron chi connectivity index (χ2n) is 7.72. The number of pyridine rings is 1. The number of rotatable bonds is 7. The first kappa shape index (κ1) is 22.7. The number of hydrogen-bond acceptors (Lipinski definition) is 5. The van der Waals surface area contributed by atoms with Gasteiger partial charge in [0.15, 0.2) is 0 Å². The maximum Gasteiger partial charge on any atom is 0.295 e. The van der Waals surface area contributed by atoms with Crippen LogP contribution in [0.25, 0.3) is 5.76 Å². The molecule has 2 heterocycles. The van der Waals surface area contributed by atoms with Crippen LogP contribution in [0.5, 0.6) is 5.75 Å². The van der Waals surface area contributed by atoms with Crippen LogP contribution in [0.4, 0.5) is 0 Å². The molecule has 168 valence electrons. The van der Waals surface area contributed by atoms with Crippen LogP contribution < -0.4 is 4.74 Å². The topological polar surface area (TPSA) is 79.7 Å². The van der Waals surface area contributed by atoms with E-state index in [-0.39, 0.29) is 17.9 Å². The molecule has 7 heteroatoms. The van der Waals surface area contributed by atoms with Gasteiger partial charge in [0, 0.05) is 29.0 Å². The highest BCUT2D eigenvalue weighted by Crippen LogP contribution is 2.41. The van der Waals surface area contributed by atoms with E-state index in [1.165, 1.54) is 4.90 Å². The van der Waals surface area contributed by atoms with Crippen molar-refractivity contribution in [2.45, 2.75) is 25.9 Å². The highest BCUT2D eigenvalue weighted by atomic mass is 79.9. The van der Waals surface area contributed by atoms with E-state index in [0.29, 0.717) is 23.5 Å². The fraction of sp³-hybridized carbons (Fsp3) is 0.192. The summed E-state index contributed by atoms with van der Waals surface area (Å²) in [7, 11) is 0. The van der Waals surface area contributed by atoms with Gasteiger partial charge in [0.05, 0.1) is 18.2 Å². The molecule has 1 atom stereocenters. The van der Waals surface area contributed by atoms with Crippen molar-refractivity contribution in [1.29, 1.82) is 0 Å². The van der Waals surface area contributed by atoms with Crippen molar-refractivity contribution in [2.75, 3.05) is 6.61 Å². The van der Waals surface area contributed by atoms with E-state index < -0.39 is 17.7 Å².